The zero-order valence-corrected chi connectivity index (χ0v) is 13.1. The number of hydrogen-bond donors (Lipinski definition) is 2. The highest BCUT2D eigenvalue weighted by molar-refractivity contribution is 5.79. The van der Waals surface area contributed by atoms with E-state index in [4.69, 9.17) is 19.3 Å². The molecule has 0 aromatic rings. The summed E-state index contributed by atoms with van der Waals surface area (Å²) in [5.41, 5.74) is 4.64. The normalized spacial score (nSPS) is 9.81. The van der Waals surface area contributed by atoms with Gasteiger partial charge in [0.15, 0.2) is 0 Å². The van der Waals surface area contributed by atoms with E-state index < -0.39 is 11.9 Å². The Hall–Kier alpha value is -1.18. The summed E-state index contributed by atoms with van der Waals surface area (Å²) in [4.78, 5) is 19.6. The van der Waals surface area contributed by atoms with Crippen LogP contribution in [0, 0.1) is 0 Å². The van der Waals surface area contributed by atoms with E-state index in [-0.39, 0.29) is 12.8 Å². The smallest absolute Gasteiger partial charge is 0.303 e. The topological polar surface area (TPSA) is 108 Å². The molecular weight excluding hydrogens is 278 g/mol. The highest BCUT2D eigenvalue weighted by atomic mass is 16.5. The Morgan fingerprint density at radius 3 is 1.43 bits per heavy atom. The fourth-order valence-electron chi connectivity index (χ4n) is 1.06. The van der Waals surface area contributed by atoms with Gasteiger partial charge < -0.3 is 25.1 Å². The first-order valence-electron chi connectivity index (χ1n) is 7.27. The number of carbonyl (C=O) groups excluding carboxylic acids is 1. The number of carboxylic acids is 1. The quantitative estimate of drug-likeness (QED) is 0.495. The van der Waals surface area contributed by atoms with E-state index in [1.165, 1.54) is 0 Å². The summed E-state index contributed by atoms with van der Waals surface area (Å²) in [7, 11) is 0. The number of amides is 1. The molecule has 126 valence electrons. The van der Waals surface area contributed by atoms with Gasteiger partial charge in [0.25, 0.3) is 0 Å². The van der Waals surface area contributed by atoms with E-state index in [0.717, 1.165) is 26.1 Å². The molecule has 0 aromatic carbocycles. The van der Waals surface area contributed by atoms with Gasteiger partial charge in [0, 0.05) is 19.6 Å². The molecule has 21 heavy (non-hydrogen) atoms. The molecular formula is C14H29NO6. The second kappa shape index (κ2) is 18.8. The summed E-state index contributed by atoms with van der Waals surface area (Å²) in [6.07, 6.45) is 1.89. The molecule has 0 aliphatic heterocycles. The molecule has 0 atom stereocenters. The summed E-state index contributed by atoms with van der Waals surface area (Å²) >= 11 is 0. The maximum atomic E-state index is 9.86. The summed E-state index contributed by atoms with van der Waals surface area (Å²) in [5, 5.41) is 7.95. The monoisotopic (exact) mass is 307 g/mol. The first kappa shape index (κ1) is 22.1. The number of nitrogens with two attached hydrogens (primary N) is 1. The third-order valence-electron chi connectivity index (χ3n) is 2.03. The maximum absolute atomic E-state index is 9.86. The number of hydrogen-bond acceptors (Lipinski definition) is 5. The second-order valence-corrected chi connectivity index (χ2v) is 4.20. The molecule has 0 aromatic heterocycles. The van der Waals surface area contributed by atoms with Crippen LogP contribution in [-0.2, 0) is 23.8 Å². The zero-order chi connectivity index (χ0) is 16.3. The Kier molecular flexibility index (Phi) is 19.8. The molecule has 1 amide bonds. The lowest BCUT2D eigenvalue weighted by Gasteiger charge is -2.05. The fraction of sp³-hybridized carbons (Fsp3) is 0.857. The SMILES string of the molecule is CCCOCCOCCOCCC.NC(=O)CCC(=O)O. The van der Waals surface area contributed by atoms with Crippen LogP contribution in [0.5, 0.6) is 0 Å². The lowest BCUT2D eigenvalue weighted by atomic mass is 10.3. The molecule has 0 heterocycles. The minimum absolute atomic E-state index is 0.0741. The number of carboxylic acid groups (broad SMARTS) is 1. The second-order valence-electron chi connectivity index (χ2n) is 4.20. The van der Waals surface area contributed by atoms with Gasteiger partial charge in [-0.1, -0.05) is 13.8 Å². The standard InChI is InChI=1S/C10H22O3.C4H7NO3/c1-3-5-11-7-9-13-10-8-12-6-4-2;5-3(6)1-2-4(7)8/h3-10H2,1-2H3;1-2H2,(H2,5,6)(H,7,8). The molecule has 7 heteroatoms. The Bertz CT molecular complexity index is 224. The summed E-state index contributed by atoms with van der Waals surface area (Å²) in [5.74, 6) is -1.57. The Morgan fingerprint density at radius 2 is 1.19 bits per heavy atom. The van der Waals surface area contributed by atoms with E-state index in [2.05, 4.69) is 19.6 Å². The number of carbonyl (C=O) groups is 2. The van der Waals surface area contributed by atoms with E-state index in [0.29, 0.717) is 26.4 Å². The summed E-state index contributed by atoms with van der Waals surface area (Å²) in [6, 6.07) is 0. The first-order chi connectivity index (χ1) is 10.0. The lowest BCUT2D eigenvalue weighted by Crippen LogP contribution is -2.12. The van der Waals surface area contributed by atoms with E-state index in [1.807, 2.05) is 0 Å². The van der Waals surface area contributed by atoms with Crippen molar-refractivity contribution in [1.82, 2.24) is 0 Å². The molecule has 7 nitrogen and oxygen atoms in total. The van der Waals surface area contributed by atoms with Crippen molar-refractivity contribution in [1.29, 1.82) is 0 Å². The van der Waals surface area contributed by atoms with Crippen molar-refractivity contribution in [3.8, 4) is 0 Å². The van der Waals surface area contributed by atoms with Crippen LogP contribution in [0.3, 0.4) is 0 Å². The van der Waals surface area contributed by atoms with Crippen molar-refractivity contribution in [3.05, 3.63) is 0 Å². The third-order valence-corrected chi connectivity index (χ3v) is 2.03. The fourth-order valence-corrected chi connectivity index (χ4v) is 1.06. The van der Waals surface area contributed by atoms with Crippen LogP contribution in [0.15, 0.2) is 0 Å². The summed E-state index contributed by atoms with van der Waals surface area (Å²) < 4.78 is 15.8. The van der Waals surface area contributed by atoms with Gasteiger partial charge in [-0.25, -0.2) is 0 Å². The van der Waals surface area contributed by atoms with Crippen LogP contribution in [0.4, 0.5) is 0 Å². The van der Waals surface area contributed by atoms with Gasteiger partial charge in [0.05, 0.1) is 32.8 Å². The largest absolute Gasteiger partial charge is 0.481 e. The van der Waals surface area contributed by atoms with Crippen LogP contribution in [-0.4, -0.2) is 56.6 Å². The molecule has 3 N–H and O–H groups in total. The Balaban J connectivity index is 0. The van der Waals surface area contributed by atoms with Crippen molar-refractivity contribution in [3.63, 3.8) is 0 Å². The summed E-state index contributed by atoms with van der Waals surface area (Å²) in [6.45, 7) is 8.60. The van der Waals surface area contributed by atoms with Gasteiger partial charge >= 0.3 is 5.97 Å². The average Bonchev–Trinajstić information content (AvgIpc) is 2.44. The molecule has 0 saturated heterocycles. The average molecular weight is 307 g/mol. The van der Waals surface area contributed by atoms with Crippen LogP contribution in [0.1, 0.15) is 39.5 Å². The lowest BCUT2D eigenvalue weighted by molar-refractivity contribution is -0.138. The van der Waals surface area contributed by atoms with Crippen molar-refractivity contribution in [2.75, 3.05) is 39.6 Å². The van der Waals surface area contributed by atoms with E-state index >= 15 is 0 Å². The molecule has 0 saturated carbocycles. The number of aliphatic carboxylic acids is 1. The number of ether oxygens (including phenoxy) is 3. The molecule has 0 bridgehead atoms. The Labute approximate surface area is 126 Å². The minimum Gasteiger partial charge on any atom is -0.481 e. The molecule has 0 rings (SSSR count). The number of rotatable bonds is 13. The van der Waals surface area contributed by atoms with Gasteiger partial charge in [-0.05, 0) is 12.8 Å². The highest BCUT2D eigenvalue weighted by Gasteiger charge is 1.98. The van der Waals surface area contributed by atoms with Gasteiger partial charge in [0.2, 0.25) is 5.91 Å². The molecule has 0 radical (unpaired) electrons. The van der Waals surface area contributed by atoms with Crippen molar-refractivity contribution < 1.29 is 28.9 Å². The third kappa shape index (κ3) is 27.9. The van der Waals surface area contributed by atoms with Crippen LogP contribution < -0.4 is 5.73 Å². The minimum atomic E-state index is -0.996. The van der Waals surface area contributed by atoms with Crippen molar-refractivity contribution >= 4 is 11.9 Å². The van der Waals surface area contributed by atoms with Gasteiger partial charge in [-0.3, -0.25) is 9.59 Å². The molecule has 0 spiro atoms. The van der Waals surface area contributed by atoms with Gasteiger partial charge in [-0.15, -0.1) is 0 Å². The molecule has 0 aliphatic rings. The van der Waals surface area contributed by atoms with Gasteiger partial charge in [0.1, 0.15) is 0 Å². The van der Waals surface area contributed by atoms with Crippen LogP contribution >= 0.6 is 0 Å². The van der Waals surface area contributed by atoms with Crippen LogP contribution in [0.25, 0.3) is 0 Å². The number of primary amides is 1. The predicted molar refractivity (Wildman–Crippen MR) is 79.1 cm³/mol. The van der Waals surface area contributed by atoms with Crippen molar-refractivity contribution in [2.45, 2.75) is 39.5 Å². The van der Waals surface area contributed by atoms with E-state index in [1.54, 1.807) is 0 Å². The van der Waals surface area contributed by atoms with Crippen molar-refractivity contribution in [2.24, 2.45) is 5.73 Å². The van der Waals surface area contributed by atoms with Gasteiger partial charge in [-0.2, -0.15) is 0 Å². The van der Waals surface area contributed by atoms with E-state index in [9.17, 15) is 9.59 Å². The molecule has 0 unspecified atom stereocenters. The first-order valence-corrected chi connectivity index (χ1v) is 7.27. The molecule has 0 aliphatic carbocycles. The zero-order valence-electron chi connectivity index (χ0n) is 13.1. The highest BCUT2D eigenvalue weighted by Crippen LogP contribution is 1.85. The molecule has 0 fully saturated rings. The van der Waals surface area contributed by atoms with Crippen LogP contribution in [0.2, 0.25) is 0 Å². The Morgan fingerprint density at radius 1 is 0.810 bits per heavy atom. The maximum Gasteiger partial charge on any atom is 0.303 e. The predicted octanol–water partition coefficient (Wildman–Crippen LogP) is 1.19.